The van der Waals surface area contributed by atoms with Gasteiger partial charge in [0.05, 0.1) is 23.6 Å². The monoisotopic (exact) mass is 436 g/mol. The van der Waals surface area contributed by atoms with Crippen LogP contribution in [0.5, 0.6) is 0 Å². The second-order valence-electron chi connectivity index (χ2n) is 7.51. The molecule has 0 spiro atoms. The molecule has 1 saturated heterocycles. The fourth-order valence-electron chi connectivity index (χ4n) is 3.95. The van der Waals surface area contributed by atoms with Crippen molar-refractivity contribution >= 4 is 5.91 Å². The fraction of sp³-hybridized carbons (Fsp3) is 0.227. The van der Waals surface area contributed by atoms with E-state index in [-0.39, 0.29) is 29.0 Å². The van der Waals surface area contributed by atoms with E-state index in [2.05, 4.69) is 20.3 Å². The maximum Gasteiger partial charge on any atom is 0.256 e. The highest BCUT2D eigenvalue weighted by molar-refractivity contribution is 5.98. The maximum absolute atomic E-state index is 14.0. The average Bonchev–Trinajstić information content (AvgIpc) is 3.56. The van der Waals surface area contributed by atoms with Crippen LogP contribution in [0.3, 0.4) is 0 Å². The van der Waals surface area contributed by atoms with Crippen molar-refractivity contribution in [3.63, 3.8) is 0 Å². The van der Waals surface area contributed by atoms with E-state index in [9.17, 15) is 13.6 Å². The molecule has 1 aliphatic rings. The number of carbonyl (C=O) groups excluding carboxylic acids is 1. The van der Waals surface area contributed by atoms with E-state index in [1.165, 1.54) is 41.5 Å². The van der Waals surface area contributed by atoms with Crippen LogP contribution in [0.25, 0.3) is 17.1 Å². The van der Waals surface area contributed by atoms with Crippen LogP contribution in [0.15, 0.2) is 53.3 Å². The summed E-state index contributed by atoms with van der Waals surface area (Å²) in [6.45, 7) is 2.09. The van der Waals surface area contributed by atoms with E-state index >= 15 is 0 Å². The van der Waals surface area contributed by atoms with E-state index in [1.807, 2.05) is 0 Å². The zero-order valence-corrected chi connectivity index (χ0v) is 17.1. The largest absolute Gasteiger partial charge is 0.337 e. The first kappa shape index (κ1) is 20.0. The van der Waals surface area contributed by atoms with Crippen molar-refractivity contribution in [2.45, 2.75) is 25.8 Å². The Morgan fingerprint density at radius 1 is 1.16 bits per heavy atom. The van der Waals surface area contributed by atoms with Gasteiger partial charge in [0.15, 0.2) is 0 Å². The van der Waals surface area contributed by atoms with Crippen LogP contribution in [0, 0.1) is 18.6 Å². The molecule has 0 radical (unpaired) electrons. The van der Waals surface area contributed by atoms with Crippen LogP contribution in [-0.2, 0) is 0 Å². The Kier molecular flexibility index (Phi) is 4.96. The normalized spacial score (nSPS) is 16.0. The van der Waals surface area contributed by atoms with E-state index in [4.69, 9.17) is 4.52 Å². The molecule has 32 heavy (non-hydrogen) atoms. The lowest BCUT2D eigenvalue weighted by Gasteiger charge is -2.23. The molecule has 1 aliphatic heterocycles. The van der Waals surface area contributed by atoms with Crippen LogP contribution < -0.4 is 0 Å². The first-order chi connectivity index (χ1) is 15.5. The molecular formula is C22H18F2N6O2. The third-order valence-corrected chi connectivity index (χ3v) is 5.57. The van der Waals surface area contributed by atoms with Crippen molar-refractivity contribution < 1.29 is 18.1 Å². The van der Waals surface area contributed by atoms with Crippen molar-refractivity contribution in [3.8, 4) is 17.1 Å². The van der Waals surface area contributed by atoms with Gasteiger partial charge in [-0.15, -0.1) is 0 Å². The summed E-state index contributed by atoms with van der Waals surface area (Å²) in [5.41, 5.74) is 1.44. The SMILES string of the molecule is Cc1c(F)cccc1-c1noc([C@@H]2CCCN2C(=O)c2cc(F)ccc2-n2nccn2)n1. The molecule has 8 nitrogen and oxygen atoms in total. The van der Waals surface area contributed by atoms with E-state index in [1.54, 1.807) is 24.0 Å². The predicted molar refractivity (Wildman–Crippen MR) is 109 cm³/mol. The molecule has 5 rings (SSSR count). The molecule has 1 fully saturated rings. The topological polar surface area (TPSA) is 89.9 Å². The van der Waals surface area contributed by atoms with Gasteiger partial charge in [-0.25, -0.2) is 8.78 Å². The highest BCUT2D eigenvalue weighted by atomic mass is 19.1. The maximum atomic E-state index is 14.0. The Hall–Kier alpha value is -3.95. The highest BCUT2D eigenvalue weighted by Crippen LogP contribution is 2.34. The Morgan fingerprint density at radius 2 is 1.97 bits per heavy atom. The predicted octanol–water partition coefficient (Wildman–Crippen LogP) is 3.88. The zero-order valence-electron chi connectivity index (χ0n) is 17.1. The molecule has 0 aliphatic carbocycles. The Morgan fingerprint density at radius 3 is 2.78 bits per heavy atom. The molecule has 2 aromatic heterocycles. The van der Waals surface area contributed by atoms with Crippen LogP contribution in [0.4, 0.5) is 8.78 Å². The van der Waals surface area contributed by atoms with Crippen molar-refractivity contribution in [3.05, 3.63) is 77.4 Å². The molecule has 0 N–H and O–H groups in total. The molecule has 0 bridgehead atoms. The minimum atomic E-state index is -0.540. The van der Waals surface area contributed by atoms with Crippen molar-refractivity contribution in [2.75, 3.05) is 6.54 Å². The molecule has 162 valence electrons. The van der Waals surface area contributed by atoms with Gasteiger partial charge >= 0.3 is 0 Å². The number of halogens is 2. The van der Waals surface area contributed by atoms with E-state index < -0.39 is 11.9 Å². The summed E-state index contributed by atoms with van der Waals surface area (Å²) in [4.78, 5) is 20.7. The fourth-order valence-corrected chi connectivity index (χ4v) is 3.95. The number of aromatic nitrogens is 5. The summed E-state index contributed by atoms with van der Waals surface area (Å²) in [6.07, 6.45) is 4.28. The average molecular weight is 436 g/mol. The number of hydrogen-bond acceptors (Lipinski definition) is 6. The molecule has 3 heterocycles. The smallest absolute Gasteiger partial charge is 0.256 e. The first-order valence-corrected chi connectivity index (χ1v) is 10.1. The minimum absolute atomic E-state index is 0.133. The lowest BCUT2D eigenvalue weighted by molar-refractivity contribution is 0.0709. The number of rotatable bonds is 4. The van der Waals surface area contributed by atoms with Gasteiger partial charge in [0, 0.05) is 12.1 Å². The molecule has 10 heteroatoms. The molecule has 0 unspecified atom stereocenters. The lowest BCUT2D eigenvalue weighted by Crippen LogP contribution is -2.31. The van der Waals surface area contributed by atoms with Crippen LogP contribution >= 0.6 is 0 Å². The lowest BCUT2D eigenvalue weighted by atomic mass is 10.1. The summed E-state index contributed by atoms with van der Waals surface area (Å²) < 4.78 is 33.4. The van der Waals surface area contributed by atoms with E-state index in [0.717, 1.165) is 6.42 Å². The van der Waals surface area contributed by atoms with Gasteiger partial charge in [-0.05, 0) is 49.6 Å². The van der Waals surface area contributed by atoms with Crippen LogP contribution in [-0.4, -0.2) is 42.5 Å². The van der Waals surface area contributed by atoms with Crippen LogP contribution in [0.2, 0.25) is 0 Å². The number of amides is 1. The van der Waals surface area contributed by atoms with Gasteiger partial charge in [0.25, 0.3) is 5.91 Å². The standard InChI is InChI=1S/C22H18F2N6O2/c1-13-15(4-2-5-17(13)24)20-27-21(32-28-20)19-6-3-11-29(19)22(31)16-12-14(23)7-8-18(16)30-25-9-10-26-30/h2,4-5,7-10,12,19H,3,6,11H2,1H3/t19-/m0/s1. The Balaban J connectivity index is 1.48. The van der Waals surface area contributed by atoms with Crippen molar-refractivity contribution in [2.24, 2.45) is 0 Å². The Labute approximate surface area is 181 Å². The van der Waals surface area contributed by atoms with Crippen LogP contribution in [0.1, 0.15) is 40.7 Å². The minimum Gasteiger partial charge on any atom is -0.337 e. The summed E-state index contributed by atoms with van der Waals surface area (Å²) >= 11 is 0. The summed E-state index contributed by atoms with van der Waals surface area (Å²) in [7, 11) is 0. The third-order valence-electron chi connectivity index (χ3n) is 5.57. The summed E-state index contributed by atoms with van der Waals surface area (Å²) in [5.74, 6) is -0.784. The second kappa shape index (κ2) is 7.95. The number of likely N-dealkylation sites (tertiary alicyclic amines) is 1. The third kappa shape index (κ3) is 3.43. The quantitative estimate of drug-likeness (QED) is 0.482. The number of carbonyl (C=O) groups is 1. The molecule has 1 atom stereocenters. The number of hydrogen-bond donors (Lipinski definition) is 0. The van der Waals surface area contributed by atoms with Gasteiger partial charge in [0.2, 0.25) is 11.7 Å². The molecule has 0 saturated carbocycles. The van der Waals surface area contributed by atoms with Gasteiger partial charge in [-0.3, -0.25) is 4.79 Å². The second-order valence-corrected chi connectivity index (χ2v) is 7.51. The Bertz CT molecular complexity index is 1290. The van der Waals surface area contributed by atoms with Crippen molar-refractivity contribution in [1.82, 2.24) is 30.0 Å². The molecule has 2 aromatic carbocycles. The van der Waals surface area contributed by atoms with Gasteiger partial charge in [0.1, 0.15) is 17.7 Å². The van der Waals surface area contributed by atoms with Gasteiger partial charge in [-0.1, -0.05) is 17.3 Å². The summed E-state index contributed by atoms with van der Waals surface area (Å²) in [6, 6.07) is 8.07. The molecule has 4 aromatic rings. The first-order valence-electron chi connectivity index (χ1n) is 10.1. The van der Waals surface area contributed by atoms with Crippen molar-refractivity contribution in [1.29, 1.82) is 0 Å². The number of benzene rings is 2. The molecule has 1 amide bonds. The highest BCUT2D eigenvalue weighted by Gasteiger charge is 2.36. The molecular weight excluding hydrogens is 418 g/mol. The zero-order chi connectivity index (χ0) is 22.2. The van der Waals surface area contributed by atoms with E-state index in [0.29, 0.717) is 29.8 Å². The number of nitrogens with zero attached hydrogens (tertiary/aromatic N) is 6. The van der Waals surface area contributed by atoms with Gasteiger partial charge < -0.3 is 9.42 Å². The van der Waals surface area contributed by atoms with Gasteiger partial charge in [-0.2, -0.15) is 20.0 Å². The summed E-state index contributed by atoms with van der Waals surface area (Å²) in [5, 5.41) is 12.1.